The van der Waals surface area contributed by atoms with Crippen molar-refractivity contribution in [2.24, 2.45) is 7.05 Å². The van der Waals surface area contributed by atoms with Gasteiger partial charge in [-0.3, -0.25) is 9.48 Å². The van der Waals surface area contributed by atoms with Gasteiger partial charge >= 0.3 is 0 Å². The van der Waals surface area contributed by atoms with Gasteiger partial charge in [0.05, 0.1) is 5.69 Å². The van der Waals surface area contributed by atoms with E-state index in [-0.39, 0.29) is 11.7 Å². The van der Waals surface area contributed by atoms with Crippen molar-refractivity contribution in [3.63, 3.8) is 0 Å². The molecule has 0 saturated carbocycles. The first-order chi connectivity index (χ1) is 10.0. The van der Waals surface area contributed by atoms with Crippen LogP contribution in [0.25, 0.3) is 0 Å². The van der Waals surface area contributed by atoms with E-state index in [4.69, 9.17) is 5.73 Å². The summed E-state index contributed by atoms with van der Waals surface area (Å²) in [5.41, 5.74) is 7.79. The fourth-order valence-electron chi connectivity index (χ4n) is 2.01. The van der Waals surface area contributed by atoms with Crippen molar-refractivity contribution in [3.05, 3.63) is 22.3 Å². The summed E-state index contributed by atoms with van der Waals surface area (Å²) < 4.78 is 1.75. The summed E-state index contributed by atoms with van der Waals surface area (Å²) in [6, 6.07) is 0. The fraction of sp³-hybridized carbons (Fsp3) is 0.462. The fourth-order valence-corrected chi connectivity index (χ4v) is 2.88. The quantitative estimate of drug-likeness (QED) is 0.749. The van der Waals surface area contributed by atoms with Gasteiger partial charge in [0.15, 0.2) is 5.13 Å². The van der Waals surface area contributed by atoms with Crippen molar-refractivity contribution >= 4 is 28.2 Å². The summed E-state index contributed by atoms with van der Waals surface area (Å²) in [7, 11) is 1.87. The number of aryl methyl sites for hydroxylation is 2. The number of amides is 1. The van der Waals surface area contributed by atoms with Crippen molar-refractivity contribution < 1.29 is 4.79 Å². The lowest BCUT2D eigenvalue weighted by molar-refractivity contribution is 0.0955. The van der Waals surface area contributed by atoms with Crippen molar-refractivity contribution in [2.45, 2.75) is 26.8 Å². The minimum atomic E-state index is -0.208. The second kappa shape index (κ2) is 6.57. The Morgan fingerprint density at radius 2 is 2.24 bits per heavy atom. The zero-order valence-corrected chi connectivity index (χ0v) is 13.3. The molecule has 1 amide bonds. The summed E-state index contributed by atoms with van der Waals surface area (Å²) in [4.78, 5) is 16.7. The Hall–Kier alpha value is -2.09. The maximum Gasteiger partial charge on any atom is 0.265 e. The molecule has 4 N–H and O–H groups in total. The van der Waals surface area contributed by atoms with Gasteiger partial charge < -0.3 is 16.4 Å². The number of hydrogen-bond acceptors (Lipinski definition) is 6. The predicted molar refractivity (Wildman–Crippen MR) is 84.4 cm³/mol. The van der Waals surface area contributed by atoms with E-state index < -0.39 is 0 Å². The molecule has 114 valence electrons. The molecule has 2 aromatic rings. The topological polar surface area (TPSA) is 97.9 Å². The number of anilines is 2. The molecule has 2 aromatic heterocycles. The van der Waals surface area contributed by atoms with Crippen LogP contribution in [0.5, 0.6) is 0 Å². The number of nitrogen functional groups attached to an aromatic ring is 1. The van der Waals surface area contributed by atoms with E-state index in [1.54, 1.807) is 4.68 Å². The Kier molecular flexibility index (Phi) is 4.79. The van der Waals surface area contributed by atoms with Crippen molar-refractivity contribution in [1.82, 2.24) is 20.1 Å². The van der Waals surface area contributed by atoms with E-state index in [0.29, 0.717) is 16.6 Å². The van der Waals surface area contributed by atoms with Gasteiger partial charge in [0.1, 0.15) is 10.7 Å². The van der Waals surface area contributed by atoms with Crippen LogP contribution in [0.3, 0.4) is 0 Å². The number of rotatable bonds is 6. The molecule has 0 spiro atoms. The first-order valence-corrected chi connectivity index (χ1v) is 7.66. The van der Waals surface area contributed by atoms with E-state index in [1.165, 1.54) is 11.3 Å². The minimum absolute atomic E-state index is 0.208. The number of thiazole rings is 1. The van der Waals surface area contributed by atoms with Gasteiger partial charge in [-0.05, 0) is 13.3 Å². The van der Waals surface area contributed by atoms with Crippen molar-refractivity contribution in [2.75, 3.05) is 17.6 Å². The molecule has 0 bridgehead atoms. The largest absolute Gasteiger partial charge is 0.382 e. The molecule has 2 heterocycles. The monoisotopic (exact) mass is 308 g/mol. The lowest BCUT2D eigenvalue weighted by Crippen LogP contribution is -2.23. The summed E-state index contributed by atoms with van der Waals surface area (Å²) in [5.74, 6) is 0.0513. The Balaban J connectivity index is 2.04. The molecule has 0 unspecified atom stereocenters. The van der Waals surface area contributed by atoms with Crippen LogP contribution >= 0.6 is 11.3 Å². The molecule has 0 aromatic carbocycles. The molecule has 0 atom stereocenters. The normalized spacial score (nSPS) is 10.6. The summed E-state index contributed by atoms with van der Waals surface area (Å²) in [6.07, 6.45) is 2.75. The van der Waals surface area contributed by atoms with Crippen LogP contribution < -0.4 is 16.4 Å². The highest BCUT2D eigenvalue weighted by atomic mass is 32.1. The van der Waals surface area contributed by atoms with Crippen molar-refractivity contribution in [1.29, 1.82) is 0 Å². The molecule has 0 aliphatic carbocycles. The summed E-state index contributed by atoms with van der Waals surface area (Å²) >= 11 is 1.26. The van der Waals surface area contributed by atoms with Gasteiger partial charge in [-0.25, -0.2) is 4.98 Å². The maximum absolute atomic E-state index is 12.2. The van der Waals surface area contributed by atoms with Gasteiger partial charge in [-0.1, -0.05) is 18.3 Å². The molecule has 0 aliphatic heterocycles. The van der Waals surface area contributed by atoms with Crippen LogP contribution in [0, 0.1) is 0 Å². The van der Waals surface area contributed by atoms with E-state index in [9.17, 15) is 4.79 Å². The third-order valence-electron chi connectivity index (χ3n) is 2.95. The van der Waals surface area contributed by atoms with Crippen LogP contribution in [-0.2, 0) is 20.0 Å². The van der Waals surface area contributed by atoms with Crippen LogP contribution in [0.2, 0.25) is 0 Å². The van der Waals surface area contributed by atoms with Crippen LogP contribution in [0.15, 0.2) is 6.20 Å². The van der Waals surface area contributed by atoms with Crippen LogP contribution in [0.4, 0.5) is 10.9 Å². The van der Waals surface area contributed by atoms with E-state index in [2.05, 4.69) is 20.7 Å². The average molecular weight is 308 g/mol. The number of carbonyl (C=O) groups is 1. The molecule has 8 heteroatoms. The van der Waals surface area contributed by atoms with E-state index in [0.717, 1.165) is 24.2 Å². The molecule has 7 nitrogen and oxygen atoms in total. The zero-order valence-electron chi connectivity index (χ0n) is 12.4. The third-order valence-corrected chi connectivity index (χ3v) is 3.98. The lowest BCUT2D eigenvalue weighted by Gasteiger charge is -2.03. The first kappa shape index (κ1) is 15.3. The molecule has 0 fully saturated rings. The Labute approximate surface area is 127 Å². The maximum atomic E-state index is 12.2. The molecule has 21 heavy (non-hydrogen) atoms. The predicted octanol–water partition coefficient (Wildman–Crippen LogP) is 1.38. The zero-order chi connectivity index (χ0) is 15.4. The molecule has 0 aliphatic rings. The van der Waals surface area contributed by atoms with Gasteiger partial charge in [-0.2, -0.15) is 5.10 Å². The number of nitrogens with one attached hydrogen (secondary N) is 2. The summed E-state index contributed by atoms with van der Waals surface area (Å²) in [5, 5.41) is 10.9. The van der Waals surface area contributed by atoms with Gasteiger partial charge in [0, 0.05) is 31.9 Å². The molecule has 2 rings (SSSR count). The highest BCUT2D eigenvalue weighted by Crippen LogP contribution is 2.24. The molecule has 0 radical (unpaired) electrons. The summed E-state index contributed by atoms with van der Waals surface area (Å²) in [6.45, 7) is 5.18. The van der Waals surface area contributed by atoms with E-state index >= 15 is 0 Å². The van der Waals surface area contributed by atoms with E-state index in [1.807, 2.05) is 27.1 Å². The van der Waals surface area contributed by atoms with Crippen molar-refractivity contribution in [3.8, 4) is 0 Å². The van der Waals surface area contributed by atoms with Crippen LogP contribution in [0.1, 0.15) is 34.8 Å². The van der Waals surface area contributed by atoms with Crippen LogP contribution in [-0.4, -0.2) is 27.2 Å². The lowest BCUT2D eigenvalue weighted by atomic mass is 10.2. The highest BCUT2D eigenvalue weighted by Gasteiger charge is 2.16. The van der Waals surface area contributed by atoms with Gasteiger partial charge in [0.2, 0.25) is 0 Å². The first-order valence-electron chi connectivity index (χ1n) is 6.84. The Morgan fingerprint density at radius 1 is 1.48 bits per heavy atom. The SMILES string of the molecule is CCNc1nc(N)c(C(=O)NCc2cn(C)nc2CC)s1. The second-order valence-electron chi connectivity index (χ2n) is 4.57. The smallest absolute Gasteiger partial charge is 0.265 e. The number of nitrogens with zero attached hydrogens (tertiary/aromatic N) is 3. The Morgan fingerprint density at radius 3 is 2.90 bits per heavy atom. The average Bonchev–Trinajstić information content (AvgIpc) is 2.99. The number of carbonyl (C=O) groups excluding carboxylic acids is 1. The number of hydrogen-bond donors (Lipinski definition) is 3. The Bertz CT molecular complexity index is 633. The molecular formula is C13H20N6OS. The number of aromatic nitrogens is 3. The second-order valence-corrected chi connectivity index (χ2v) is 5.57. The molecule has 0 saturated heterocycles. The van der Waals surface area contributed by atoms with Gasteiger partial charge in [-0.15, -0.1) is 0 Å². The highest BCUT2D eigenvalue weighted by molar-refractivity contribution is 7.18. The molecular weight excluding hydrogens is 288 g/mol. The third kappa shape index (κ3) is 3.52. The standard InChI is InChI=1S/C13H20N6OS/c1-4-9-8(7-19(3)18-9)6-16-12(20)10-11(14)17-13(21-10)15-5-2/h7H,4-6,14H2,1-3H3,(H,15,17)(H,16,20). The van der Waals surface area contributed by atoms with Gasteiger partial charge in [0.25, 0.3) is 5.91 Å². The number of nitrogens with two attached hydrogens (primary N) is 1. The minimum Gasteiger partial charge on any atom is -0.382 e.